The highest BCUT2D eigenvalue weighted by atomic mass is 35.5. The fourth-order valence-corrected chi connectivity index (χ4v) is 5.80. The number of carboxylic acids is 1. The average Bonchev–Trinajstić information content (AvgIpc) is 2.93. The van der Waals surface area contributed by atoms with E-state index in [1.165, 1.54) is 6.07 Å². The summed E-state index contributed by atoms with van der Waals surface area (Å²) in [5.74, 6) is -1.52. The molecule has 0 saturated heterocycles. The molecule has 1 unspecified atom stereocenters. The van der Waals surface area contributed by atoms with Crippen molar-refractivity contribution in [2.75, 3.05) is 25.1 Å². The van der Waals surface area contributed by atoms with E-state index in [0.717, 1.165) is 50.3 Å². The quantitative estimate of drug-likeness (QED) is 0.321. The predicted molar refractivity (Wildman–Crippen MR) is 148 cm³/mol. The number of aryl methyl sites for hydroxylation is 1. The minimum Gasteiger partial charge on any atom is -0.487 e. The zero-order valence-corrected chi connectivity index (χ0v) is 22.9. The van der Waals surface area contributed by atoms with Gasteiger partial charge in [0.15, 0.2) is 5.60 Å². The first-order valence-corrected chi connectivity index (χ1v) is 13.7. The molecule has 3 N–H and O–H groups in total. The van der Waals surface area contributed by atoms with E-state index < -0.39 is 30.1 Å². The van der Waals surface area contributed by atoms with Crippen molar-refractivity contribution in [1.29, 1.82) is 0 Å². The van der Waals surface area contributed by atoms with Crippen LogP contribution in [-0.2, 0) is 33.0 Å². The SMILES string of the molecule is C=C[C@H](O)[C@@H]1CC[C@H]1CN1CCCCc2cc(Cl)ccc2COc2ccc(C(O)(CC(=O)O)C(=O)OC)cc21. The van der Waals surface area contributed by atoms with Crippen molar-refractivity contribution in [3.8, 4) is 5.75 Å². The Bertz CT molecular complexity index is 1220. The summed E-state index contributed by atoms with van der Waals surface area (Å²) in [6.07, 6.45) is 4.61. The van der Waals surface area contributed by atoms with Crippen LogP contribution >= 0.6 is 11.6 Å². The molecule has 8 nitrogen and oxygen atoms in total. The van der Waals surface area contributed by atoms with E-state index in [1.807, 2.05) is 18.2 Å². The number of aliphatic hydroxyl groups excluding tert-OH is 1. The fraction of sp³-hybridized carbons (Fsp3) is 0.467. The second-order valence-corrected chi connectivity index (χ2v) is 10.9. The molecule has 0 spiro atoms. The first-order valence-electron chi connectivity index (χ1n) is 13.3. The number of aliphatic carboxylic acids is 1. The Hall–Kier alpha value is -3.07. The molecule has 0 amide bonds. The molecule has 0 bridgehead atoms. The van der Waals surface area contributed by atoms with E-state index in [4.69, 9.17) is 21.1 Å². The molecule has 1 fully saturated rings. The third-order valence-electron chi connectivity index (χ3n) is 7.99. The van der Waals surface area contributed by atoms with Gasteiger partial charge < -0.3 is 29.7 Å². The maximum Gasteiger partial charge on any atom is 0.343 e. The van der Waals surface area contributed by atoms with Crippen LogP contribution in [0.15, 0.2) is 49.1 Å². The standard InChI is InChI=1S/C30H36ClNO7/c1-3-26(33)24-11-8-20(24)17-32-13-5-4-6-19-14-23(31)10-7-21(19)18-39-27-12-9-22(15-25(27)32)30(37,16-28(34)35)29(36)38-2/h3,7,9-10,12,14-15,20,24,26,33,37H,1,4-6,8,11,13,16-18H2,2H3,(H,34,35)/t20-,24+,26-,30?/m0/s1. The number of carboxylic acid groups (broad SMARTS) is 1. The van der Waals surface area contributed by atoms with Crippen molar-refractivity contribution in [3.63, 3.8) is 0 Å². The molecule has 0 aromatic heterocycles. The van der Waals surface area contributed by atoms with Crippen LogP contribution in [0.1, 0.15) is 48.8 Å². The molecular weight excluding hydrogens is 522 g/mol. The molecule has 9 heteroatoms. The number of rotatable bonds is 8. The number of methoxy groups -OCH3 is 1. The molecule has 1 aliphatic heterocycles. The van der Waals surface area contributed by atoms with Gasteiger partial charge in [0.1, 0.15) is 12.4 Å². The van der Waals surface area contributed by atoms with Crippen molar-refractivity contribution in [2.45, 2.75) is 56.8 Å². The Balaban J connectivity index is 1.76. The summed E-state index contributed by atoms with van der Waals surface area (Å²) in [7, 11) is 1.11. The molecule has 2 aromatic carbocycles. The average molecular weight is 558 g/mol. The first kappa shape index (κ1) is 28.9. The second kappa shape index (κ2) is 12.4. The van der Waals surface area contributed by atoms with Gasteiger partial charge >= 0.3 is 11.9 Å². The predicted octanol–water partition coefficient (Wildman–Crippen LogP) is 4.47. The normalized spacial score (nSPS) is 21.5. The van der Waals surface area contributed by atoms with E-state index in [9.17, 15) is 24.9 Å². The molecule has 2 aromatic rings. The molecule has 210 valence electrons. The van der Waals surface area contributed by atoms with E-state index >= 15 is 0 Å². The number of carbonyl (C=O) groups is 2. The van der Waals surface area contributed by atoms with Gasteiger partial charge in [-0.2, -0.15) is 0 Å². The molecule has 0 radical (unpaired) electrons. The van der Waals surface area contributed by atoms with Gasteiger partial charge in [0.2, 0.25) is 0 Å². The van der Waals surface area contributed by atoms with Crippen molar-refractivity contribution in [1.82, 2.24) is 0 Å². The minimum atomic E-state index is -2.37. The Kier molecular flexibility index (Phi) is 9.20. The highest BCUT2D eigenvalue weighted by Gasteiger charge is 2.43. The van der Waals surface area contributed by atoms with Crippen LogP contribution in [0.4, 0.5) is 5.69 Å². The summed E-state index contributed by atoms with van der Waals surface area (Å²) in [5.41, 5.74) is 0.546. The molecule has 1 saturated carbocycles. The Morgan fingerprint density at radius 1 is 1.23 bits per heavy atom. The fourth-order valence-electron chi connectivity index (χ4n) is 5.60. The summed E-state index contributed by atoms with van der Waals surface area (Å²) >= 11 is 6.26. The van der Waals surface area contributed by atoms with Crippen molar-refractivity contribution in [2.24, 2.45) is 11.8 Å². The van der Waals surface area contributed by atoms with Crippen LogP contribution in [0.5, 0.6) is 5.75 Å². The van der Waals surface area contributed by atoms with Gasteiger partial charge in [-0.15, -0.1) is 6.58 Å². The van der Waals surface area contributed by atoms with Gasteiger partial charge in [-0.1, -0.05) is 29.8 Å². The lowest BCUT2D eigenvalue weighted by Gasteiger charge is -2.42. The highest BCUT2D eigenvalue weighted by Crippen LogP contribution is 2.42. The van der Waals surface area contributed by atoms with Gasteiger partial charge in [0, 0.05) is 18.1 Å². The lowest BCUT2D eigenvalue weighted by atomic mass is 9.70. The van der Waals surface area contributed by atoms with Gasteiger partial charge in [-0.05, 0) is 84.9 Å². The molecule has 4 atom stereocenters. The number of halogens is 1. The molecule has 4 rings (SSSR count). The number of hydrogen-bond acceptors (Lipinski definition) is 7. The number of aliphatic hydroxyl groups is 2. The van der Waals surface area contributed by atoms with E-state index in [-0.39, 0.29) is 17.4 Å². The van der Waals surface area contributed by atoms with E-state index in [1.54, 1.807) is 18.2 Å². The van der Waals surface area contributed by atoms with Gasteiger partial charge in [0.25, 0.3) is 0 Å². The molecular formula is C30H36ClNO7. The maximum absolute atomic E-state index is 12.6. The summed E-state index contributed by atoms with van der Waals surface area (Å²) in [6.45, 7) is 5.33. The zero-order chi connectivity index (χ0) is 28.2. The van der Waals surface area contributed by atoms with Crippen molar-refractivity contribution < 1.29 is 34.4 Å². The topological polar surface area (TPSA) is 117 Å². The second-order valence-electron chi connectivity index (χ2n) is 10.4. The molecule has 2 aliphatic rings. The van der Waals surface area contributed by atoms with Crippen molar-refractivity contribution >= 4 is 29.2 Å². The van der Waals surface area contributed by atoms with E-state index in [0.29, 0.717) is 36.2 Å². The van der Waals surface area contributed by atoms with Crippen LogP contribution in [0.3, 0.4) is 0 Å². The molecule has 1 heterocycles. The van der Waals surface area contributed by atoms with Crippen LogP contribution < -0.4 is 9.64 Å². The number of fused-ring (bicyclic) bond motifs is 2. The molecule has 39 heavy (non-hydrogen) atoms. The number of hydrogen-bond donors (Lipinski definition) is 3. The summed E-state index contributed by atoms with van der Waals surface area (Å²) in [4.78, 5) is 26.4. The number of benzene rings is 2. The number of esters is 1. The summed E-state index contributed by atoms with van der Waals surface area (Å²) in [6, 6.07) is 10.6. The number of nitrogens with zero attached hydrogens (tertiary/aromatic N) is 1. The highest BCUT2D eigenvalue weighted by molar-refractivity contribution is 6.30. The number of ether oxygens (including phenoxy) is 2. The smallest absolute Gasteiger partial charge is 0.343 e. The number of carbonyl (C=O) groups excluding carboxylic acids is 1. The van der Waals surface area contributed by atoms with Gasteiger partial charge in [-0.25, -0.2) is 4.79 Å². The van der Waals surface area contributed by atoms with Crippen molar-refractivity contribution in [3.05, 3.63) is 70.8 Å². The summed E-state index contributed by atoms with van der Waals surface area (Å²) < 4.78 is 11.1. The van der Waals surface area contributed by atoms with Gasteiger partial charge in [0.05, 0.1) is 25.3 Å². The van der Waals surface area contributed by atoms with E-state index in [2.05, 4.69) is 11.5 Å². The van der Waals surface area contributed by atoms with Crippen LogP contribution in [0.2, 0.25) is 5.02 Å². The van der Waals surface area contributed by atoms with Crippen LogP contribution in [0.25, 0.3) is 0 Å². The summed E-state index contributed by atoms with van der Waals surface area (Å²) in [5, 5.41) is 31.8. The Morgan fingerprint density at radius 3 is 2.69 bits per heavy atom. The first-order chi connectivity index (χ1) is 18.7. The lowest BCUT2D eigenvalue weighted by Crippen LogP contribution is -2.43. The number of anilines is 1. The zero-order valence-electron chi connectivity index (χ0n) is 22.1. The third kappa shape index (κ3) is 6.40. The Labute approximate surface area is 233 Å². The third-order valence-corrected chi connectivity index (χ3v) is 8.23. The monoisotopic (exact) mass is 557 g/mol. The van der Waals surface area contributed by atoms with Crippen LogP contribution in [-0.4, -0.2) is 53.6 Å². The van der Waals surface area contributed by atoms with Crippen LogP contribution in [0, 0.1) is 11.8 Å². The van der Waals surface area contributed by atoms with Gasteiger partial charge in [-0.3, -0.25) is 4.79 Å². The maximum atomic E-state index is 12.6. The Morgan fingerprint density at radius 2 is 2.03 bits per heavy atom. The largest absolute Gasteiger partial charge is 0.487 e. The lowest BCUT2D eigenvalue weighted by molar-refractivity contribution is -0.169. The minimum absolute atomic E-state index is 0.0960. The molecule has 1 aliphatic carbocycles.